The quantitative estimate of drug-likeness (QED) is 0.222. The number of aryl methyl sites for hydroxylation is 1. The van der Waals surface area contributed by atoms with Crippen LogP contribution >= 0.6 is 35.0 Å². The van der Waals surface area contributed by atoms with E-state index in [9.17, 15) is 9.59 Å². The molecule has 0 saturated heterocycles. The van der Waals surface area contributed by atoms with Crippen LogP contribution < -0.4 is 10.6 Å². The van der Waals surface area contributed by atoms with Crippen molar-refractivity contribution < 1.29 is 9.59 Å². The van der Waals surface area contributed by atoms with E-state index in [1.165, 1.54) is 11.8 Å². The summed E-state index contributed by atoms with van der Waals surface area (Å²) in [6.07, 6.45) is 0. The molecule has 0 fully saturated rings. The zero-order chi connectivity index (χ0) is 28.2. The largest absolute Gasteiger partial charge is 0.345 e. The van der Waals surface area contributed by atoms with Gasteiger partial charge in [-0.1, -0.05) is 80.0 Å². The van der Waals surface area contributed by atoms with E-state index >= 15 is 0 Å². The third-order valence-electron chi connectivity index (χ3n) is 5.92. The molecule has 4 aromatic rings. The molecule has 0 saturated carbocycles. The van der Waals surface area contributed by atoms with E-state index in [0.717, 1.165) is 16.8 Å². The summed E-state index contributed by atoms with van der Waals surface area (Å²) in [7, 11) is 0. The fraction of sp³-hybridized carbons (Fsp3) is 0.241. The van der Waals surface area contributed by atoms with Crippen molar-refractivity contribution in [3.63, 3.8) is 0 Å². The van der Waals surface area contributed by atoms with E-state index in [0.29, 0.717) is 32.3 Å². The van der Waals surface area contributed by atoms with Crippen molar-refractivity contribution in [2.45, 2.75) is 44.8 Å². The minimum absolute atomic E-state index is 0.00368. The van der Waals surface area contributed by atoms with Crippen molar-refractivity contribution in [1.82, 2.24) is 20.1 Å². The molecule has 1 aromatic heterocycles. The summed E-state index contributed by atoms with van der Waals surface area (Å²) in [5.41, 5.74) is 4.13. The standard InChI is InChI=1S/C29H29Cl2N5O2S/c1-18-6-5-7-21(14-18)33-26(37)17-39-28-35-34-25(36(28)22-12-13-23(30)24(31)15-22)16-32-27(38)19-8-10-20(11-9-19)29(2,3)4/h5-15H,16-17H2,1-4H3,(H,32,38)(H,33,37). The average molecular weight is 583 g/mol. The molecule has 0 aliphatic carbocycles. The van der Waals surface area contributed by atoms with E-state index in [2.05, 4.69) is 41.6 Å². The van der Waals surface area contributed by atoms with Gasteiger partial charge < -0.3 is 10.6 Å². The van der Waals surface area contributed by atoms with E-state index in [4.69, 9.17) is 23.2 Å². The lowest BCUT2D eigenvalue weighted by Crippen LogP contribution is -2.25. The Labute approximate surface area is 242 Å². The first-order valence-corrected chi connectivity index (χ1v) is 14.0. The fourth-order valence-corrected chi connectivity index (χ4v) is 4.89. The molecule has 0 bridgehead atoms. The van der Waals surface area contributed by atoms with Gasteiger partial charge in [-0.15, -0.1) is 10.2 Å². The Hall–Kier alpha value is -3.33. The number of aromatic nitrogens is 3. The highest BCUT2D eigenvalue weighted by molar-refractivity contribution is 7.99. The Kier molecular flexibility index (Phi) is 9.00. The monoisotopic (exact) mass is 581 g/mol. The Bertz CT molecular complexity index is 1500. The molecule has 39 heavy (non-hydrogen) atoms. The van der Waals surface area contributed by atoms with Crippen LogP contribution in [0.5, 0.6) is 0 Å². The number of carbonyl (C=O) groups excluding carboxylic acids is 2. The molecule has 2 amide bonds. The second kappa shape index (κ2) is 12.2. The molecule has 0 aliphatic heterocycles. The van der Waals surface area contributed by atoms with Gasteiger partial charge in [0.25, 0.3) is 5.91 Å². The van der Waals surface area contributed by atoms with Crippen LogP contribution in [0.2, 0.25) is 10.0 Å². The van der Waals surface area contributed by atoms with Crippen LogP contribution in [0.1, 0.15) is 48.1 Å². The van der Waals surface area contributed by atoms with E-state index < -0.39 is 0 Å². The molecule has 0 atom stereocenters. The second-order valence-electron chi connectivity index (χ2n) is 10.0. The van der Waals surface area contributed by atoms with Gasteiger partial charge in [0, 0.05) is 11.3 Å². The van der Waals surface area contributed by atoms with E-state index in [1.54, 1.807) is 22.8 Å². The number of anilines is 1. The van der Waals surface area contributed by atoms with Crippen molar-refractivity contribution in [2.24, 2.45) is 0 Å². The lowest BCUT2D eigenvalue weighted by Gasteiger charge is -2.19. The molecule has 4 rings (SSSR count). The third-order valence-corrected chi connectivity index (χ3v) is 7.58. The molecule has 10 heteroatoms. The predicted octanol–water partition coefficient (Wildman–Crippen LogP) is 6.84. The van der Waals surface area contributed by atoms with Gasteiger partial charge in [0.05, 0.1) is 28.0 Å². The Morgan fingerprint density at radius 1 is 0.949 bits per heavy atom. The van der Waals surface area contributed by atoms with Crippen LogP contribution in [-0.4, -0.2) is 32.3 Å². The summed E-state index contributed by atoms with van der Waals surface area (Å²) < 4.78 is 1.76. The van der Waals surface area contributed by atoms with Gasteiger partial charge in [-0.05, 0) is 65.9 Å². The van der Waals surface area contributed by atoms with Gasteiger partial charge in [-0.3, -0.25) is 14.2 Å². The van der Waals surface area contributed by atoms with Crippen molar-refractivity contribution >= 4 is 52.5 Å². The highest BCUT2D eigenvalue weighted by Gasteiger charge is 2.19. The molecule has 0 aliphatic rings. The number of hydrogen-bond donors (Lipinski definition) is 2. The summed E-state index contributed by atoms with van der Waals surface area (Å²) in [5.74, 6) is 0.184. The van der Waals surface area contributed by atoms with Gasteiger partial charge in [-0.2, -0.15) is 0 Å². The fourth-order valence-electron chi connectivity index (χ4n) is 3.82. The molecular formula is C29H29Cl2N5O2S. The second-order valence-corrected chi connectivity index (χ2v) is 11.8. The van der Waals surface area contributed by atoms with Gasteiger partial charge in [0.1, 0.15) is 0 Å². The molecule has 7 nitrogen and oxygen atoms in total. The average Bonchev–Trinajstić information content (AvgIpc) is 3.30. The van der Waals surface area contributed by atoms with Crippen LogP contribution in [0.25, 0.3) is 5.69 Å². The molecule has 2 N–H and O–H groups in total. The van der Waals surface area contributed by atoms with Crippen LogP contribution in [0, 0.1) is 6.92 Å². The highest BCUT2D eigenvalue weighted by Crippen LogP contribution is 2.28. The van der Waals surface area contributed by atoms with Crippen LogP contribution in [0.3, 0.4) is 0 Å². The maximum atomic E-state index is 12.9. The number of benzene rings is 3. The summed E-state index contributed by atoms with van der Waals surface area (Å²) in [4.78, 5) is 25.5. The zero-order valence-electron chi connectivity index (χ0n) is 22.1. The van der Waals surface area contributed by atoms with Gasteiger partial charge in [-0.25, -0.2) is 0 Å². The zero-order valence-corrected chi connectivity index (χ0v) is 24.4. The third kappa shape index (κ3) is 7.41. The number of nitrogens with one attached hydrogen (secondary N) is 2. The molecule has 3 aromatic carbocycles. The van der Waals surface area contributed by atoms with E-state index in [1.807, 2.05) is 55.5 Å². The Morgan fingerprint density at radius 3 is 2.36 bits per heavy atom. The van der Waals surface area contributed by atoms with Gasteiger partial charge in [0.2, 0.25) is 5.91 Å². The lowest BCUT2D eigenvalue weighted by molar-refractivity contribution is -0.113. The maximum Gasteiger partial charge on any atom is 0.251 e. The number of amides is 2. The van der Waals surface area contributed by atoms with Crippen LogP contribution in [-0.2, 0) is 16.8 Å². The molecule has 0 radical (unpaired) electrons. The number of hydrogen-bond acceptors (Lipinski definition) is 5. The lowest BCUT2D eigenvalue weighted by atomic mass is 9.87. The SMILES string of the molecule is Cc1cccc(NC(=O)CSc2nnc(CNC(=O)c3ccc(C(C)(C)C)cc3)n2-c2ccc(Cl)c(Cl)c2)c1. The van der Waals surface area contributed by atoms with Crippen LogP contribution in [0.15, 0.2) is 71.9 Å². The summed E-state index contributed by atoms with van der Waals surface area (Å²) >= 11 is 13.7. The topological polar surface area (TPSA) is 88.9 Å². The number of nitrogens with zero attached hydrogens (tertiary/aromatic N) is 3. The summed E-state index contributed by atoms with van der Waals surface area (Å²) in [6, 6.07) is 20.3. The molecular weight excluding hydrogens is 553 g/mol. The maximum absolute atomic E-state index is 12.9. The number of halogens is 2. The first-order chi connectivity index (χ1) is 18.5. The Balaban J connectivity index is 1.51. The molecule has 0 spiro atoms. The number of carbonyl (C=O) groups is 2. The molecule has 1 heterocycles. The van der Waals surface area contributed by atoms with Crippen LogP contribution in [0.4, 0.5) is 5.69 Å². The van der Waals surface area contributed by atoms with Crippen molar-refractivity contribution in [3.05, 3.63) is 99.3 Å². The minimum Gasteiger partial charge on any atom is -0.345 e. The summed E-state index contributed by atoms with van der Waals surface area (Å²) in [6.45, 7) is 8.45. The first-order valence-electron chi connectivity index (χ1n) is 12.3. The van der Waals surface area contributed by atoms with Crippen molar-refractivity contribution in [3.8, 4) is 5.69 Å². The predicted molar refractivity (Wildman–Crippen MR) is 158 cm³/mol. The smallest absolute Gasteiger partial charge is 0.251 e. The minimum atomic E-state index is -0.231. The molecule has 0 unspecified atom stereocenters. The van der Waals surface area contributed by atoms with Crippen molar-refractivity contribution in [2.75, 3.05) is 11.1 Å². The number of rotatable bonds is 8. The number of thioether (sulfide) groups is 1. The van der Waals surface area contributed by atoms with Crippen molar-refractivity contribution in [1.29, 1.82) is 0 Å². The first kappa shape index (κ1) is 28.7. The molecule has 202 valence electrons. The Morgan fingerprint density at radius 2 is 1.69 bits per heavy atom. The van der Waals surface area contributed by atoms with E-state index in [-0.39, 0.29) is 29.5 Å². The van der Waals surface area contributed by atoms with Gasteiger partial charge >= 0.3 is 0 Å². The van der Waals surface area contributed by atoms with Gasteiger partial charge in [0.15, 0.2) is 11.0 Å². The highest BCUT2D eigenvalue weighted by atomic mass is 35.5. The summed E-state index contributed by atoms with van der Waals surface area (Å²) in [5, 5.41) is 15.7. The normalized spacial score (nSPS) is 11.3.